The van der Waals surface area contributed by atoms with Crippen LogP contribution < -0.4 is 20.5 Å². The van der Waals surface area contributed by atoms with E-state index in [2.05, 4.69) is 19.9 Å². The molecule has 9 heteroatoms. The molecule has 1 fully saturated rings. The van der Waals surface area contributed by atoms with Crippen molar-refractivity contribution >= 4 is 28.4 Å². The zero-order valence-corrected chi connectivity index (χ0v) is 22.5. The van der Waals surface area contributed by atoms with Crippen molar-refractivity contribution in [1.29, 1.82) is 0 Å². The first-order valence-electron chi connectivity index (χ1n) is 13.7. The minimum absolute atomic E-state index is 0.0581. The highest BCUT2D eigenvalue weighted by atomic mass is 16.5. The number of carbonyl (C=O) groups excluding carboxylic acids is 1. The van der Waals surface area contributed by atoms with Gasteiger partial charge in [0.1, 0.15) is 41.2 Å². The maximum Gasteiger partial charge on any atom is 0.227 e. The fraction of sp³-hybridized carbons (Fsp3) is 0.219. The fourth-order valence-corrected chi connectivity index (χ4v) is 5.27. The predicted octanol–water partition coefficient (Wildman–Crippen LogP) is 6.31. The Kier molecular flexibility index (Phi) is 6.28. The molecule has 0 spiro atoms. The summed E-state index contributed by atoms with van der Waals surface area (Å²) in [5, 5.41) is 2.98. The van der Waals surface area contributed by atoms with Crippen molar-refractivity contribution in [3.05, 3.63) is 95.9 Å². The van der Waals surface area contributed by atoms with Crippen molar-refractivity contribution in [3.8, 4) is 22.9 Å². The molecule has 1 aliphatic carbocycles. The Labute approximate surface area is 236 Å². The number of hydrogen-bond donors (Lipinski definition) is 2. The SMILES string of the molecule is CC1OCc2c1c1ncnc(N)c1n2-c1ccc(Oc2cccc(OCc3cccc(NC(=O)C4CC4)c3)c2)cc1. The molecule has 3 heterocycles. The maximum absolute atomic E-state index is 12.1. The van der Waals surface area contributed by atoms with Crippen LogP contribution in [-0.4, -0.2) is 20.4 Å². The van der Waals surface area contributed by atoms with Crippen molar-refractivity contribution in [2.75, 3.05) is 11.1 Å². The van der Waals surface area contributed by atoms with Crippen LogP contribution in [0.1, 0.15) is 42.7 Å². The number of nitrogens with two attached hydrogens (primary N) is 1. The van der Waals surface area contributed by atoms with Crippen molar-refractivity contribution in [2.24, 2.45) is 5.92 Å². The van der Waals surface area contributed by atoms with Crippen LogP contribution in [0.2, 0.25) is 0 Å². The zero-order valence-electron chi connectivity index (χ0n) is 22.5. The van der Waals surface area contributed by atoms with Gasteiger partial charge in [-0.2, -0.15) is 0 Å². The summed E-state index contributed by atoms with van der Waals surface area (Å²) >= 11 is 0. The van der Waals surface area contributed by atoms with E-state index in [9.17, 15) is 4.79 Å². The summed E-state index contributed by atoms with van der Waals surface area (Å²) in [7, 11) is 0. The van der Waals surface area contributed by atoms with E-state index in [0.29, 0.717) is 36.3 Å². The second-order valence-electron chi connectivity index (χ2n) is 10.4. The molecule has 0 radical (unpaired) electrons. The largest absolute Gasteiger partial charge is 0.489 e. The fourth-order valence-electron chi connectivity index (χ4n) is 5.27. The molecule has 1 atom stereocenters. The van der Waals surface area contributed by atoms with Gasteiger partial charge in [-0.15, -0.1) is 0 Å². The molecule has 3 aromatic carbocycles. The second kappa shape index (κ2) is 10.3. The molecule has 0 saturated heterocycles. The molecular formula is C32H29N5O4. The van der Waals surface area contributed by atoms with Crippen LogP contribution in [0.5, 0.6) is 17.2 Å². The number of fused-ring (bicyclic) bond motifs is 3. The standard InChI is InChI=1S/C32H29N5O4/c1-19-28-27(17-39-19)37(30-29(28)34-18-35-31(30)33)23-10-12-24(13-11-23)41-26-7-3-6-25(15-26)40-16-20-4-2-5-22(14-20)36-32(38)21-8-9-21/h2-7,10-15,18-19,21H,8-9,16-17H2,1H3,(H,36,38)(H2,33,34,35). The lowest BCUT2D eigenvalue weighted by molar-refractivity contribution is -0.117. The van der Waals surface area contributed by atoms with E-state index in [0.717, 1.165) is 52.1 Å². The smallest absolute Gasteiger partial charge is 0.227 e. The molecule has 1 amide bonds. The number of nitrogens with one attached hydrogen (secondary N) is 1. The lowest BCUT2D eigenvalue weighted by Gasteiger charge is -2.13. The number of rotatable bonds is 8. The third-order valence-electron chi connectivity index (χ3n) is 7.47. The van der Waals surface area contributed by atoms with Gasteiger partial charge in [0.15, 0.2) is 5.82 Å². The number of nitrogen functional groups attached to an aromatic ring is 1. The van der Waals surface area contributed by atoms with E-state index >= 15 is 0 Å². The number of hydrogen-bond acceptors (Lipinski definition) is 7. The molecule has 5 aromatic rings. The Morgan fingerprint density at radius 1 is 1.02 bits per heavy atom. The average Bonchev–Trinajstić information content (AvgIpc) is 3.69. The van der Waals surface area contributed by atoms with Gasteiger partial charge in [-0.05, 0) is 73.9 Å². The minimum atomic E-state index is -0.0581. The van der Waals surface area contributed by atoms with Gasteiger partial charge in [0, 0.05) is 28.9 Å². The topological polar surface area (TPSA) is 114 Å². The summed E-state index contributed by atoms with van der Waals surface area (Å²) in [6, 6.07) is 23.1. The molecule has 206 valence electrons. The highest BCUT2D eigenvalue weighted by Gasteiger charge is 2.31. The molecule has 1 unspecified atom stereocenters. The Balaban J connectivity index is 1.05. The summed E-state index contributed by atoms with van der Waals surface area (Å²) in [6.07, 6.45) is 3.39. The lowest BCUT2D eigenvalue weighted by atomic mass is 10.1. The second-order valence-corrected chi connectivity index (χ2v) is 10.4. The molecule has 1 aliphatic heterocycles. The monoisotopic (exact) mass is 547 g/mol. The van der Waals surface area contributed by atoms with Crippen LogP contribution in [-0.2, 0) is 22.7 Å². The van der Waals surface area contributed by atoms with Gasteiger partial charge in [0.2, 0.25) is 5.91 Å². The van der Waals surface area contributed by atoms with E-state index in [1.165, 1.54) is 6.33 Å². The van der Waals surface area contributed by atoms with Crippen LogP contribution in [0.3, 0.4) is 0 Å². The van der Waals surface area contributed by atoms with E-state index in [-0.39, 0.29) is 17.9 Å². The van der Waals surface area contributed by atoms with E-state index in [1.807, 2.05) is 79.7 Å². The van der Waals surface area contributed by atoms with Gasteiger partial charge in [0.05, 0.1) is 18.4 Å². The highest BCUT2D eigenvalue weighted by molar-refractivity contribution is 5.94. The van der Waals surface area contributed by atoms with E-state index in [4.69, 9.17) is 19.9 Å². The first-order valence-corrected chi connectivity index (χ1v) is 13.7. The molecular weight excluding hydrogens is 518 g/mol. The van der Waals surface area contributed by atoms with Crippen molar-refractivity contribution in [2.45, 2.75) is 39.1 Å². The summed E-state index contributed by atoms with van der Waals surface area (Å²) in [4.78, 5) is 20.8. The molecule has 3 N–H and O–H groups in total. The van der Waals surface area contributed by atoms with Crippen LogP contribution in [0.4, 0.5) is 11.5 Å². The number of ether oxygens (including phenoxy) is 3. The summed E-state index contributed by atoms with van der Waals surface area (Å²) in [5.41, 5.74) is 12.7. The number of benzene rings is 3. The van der Waals surface area contributed by atoms with Gasteiger partial charge in [-0.3, -0.25) is 4.79 Å². The van der Waals surface area contributed by atoms with Crippen molar-refractivity contribution in [1.82, 2.24) is 14.5 Å². The van der Waals surface area contributed by atoms with E-state index < -0.39 is 0 Å². The number of amides is 1. The minimum Gasteiger partial charge on any atom is -0.489 e. The Morgan fingerprint density at radius 2 is 1.83 bits per heavy atom. The van der Waals surface area contributed by atoms with Gasteiger partial charge in [-0.25, -0.2) is 9.97 Å². The normalized spacial score (nSPS) is 16.0. The maximum atomic E-state index is 12.1. The lowest BCUT2D eigenvalue weighted by Crippen LogP contribution is -2.13. The quantitative estimate of drug-likeness (QED) is 0.234. The average molecular weight is 548 g/mol. The van der Waals surface area contributed by atoms with Gasteiger partial charge in [0.25, 0.3) is 0 Å². The van der Waals surface area contributed by atoms with Gasteiger partial charge >= 0.3 is 0 Å². The summed E-state index contributed by atoms with van der Waals surface area (Å²) < 4.78 is 20.1. The molecule has 2 aliphatic rings. The van der Waals surface area contributed by atoms with Crippen molar-refractivity contribution < 1.29 is 19.0 Å². The summed E-state index contributed by atoms with van der Waals surface area (Å²) in [5.74, 6) is 2.72. The first kappa shape index (κ1) is 25.1. The van der Waals surface area contributed by atoms with E-state index in [1.54, 1.807) is 0 Å². The first-order chi connectivity index (χ1) is 20.0. The van der Waals surface area contributed by atoms with Gasteiger partial charge in [-0.1, -0.05) is 18.2 Å². The predicted molar refractivity (Wildman–Crippen MR) is 155 cm³/mol. The third-order valence-corrected chi connectivity index (χ3v) is 7.47. The number of nitrogens with zero attached hydrogens (tertiary/aromatic N) is 3. The Morgan fingerprint density at radius 3 is 2.66 bits per heavy atom. The Bertz CT molecular complexity index is 1760. The molecule has 7 rings (SSSR count). The van der Waals surface area contributed by atoms with Crippen LogP contribution in [0.15, 0.2) is 79.1 Å². The van der Waals surface area contributed by atoms with Crippen molar-refractivity contribution in [3.63, 3.8) is 0 Å². The Hall–Kier alpha value is -4.89. The number of aromatic nitrogens is 3. The number of anilines is 2. The van der Waals surface area contributed by atoms with Crippen LogP contribution in [0, 0.1) is 5.92 Å². The highest BCUT2D eigenvalue weighted by Crippen LogP contribution is 2.41. The number of carbonyl (C=O) groups is 1. The van der Waals surface area contributed by atoms with Gasteiger partial charge < -0.3 is 29.8 Å². The summed E-state index contributed by atoms with van der Waals surface area (Å²) in [6.45, 7) is 2.88. The third kappa shape index (κ3) is 4.96. The molecule has 41 heavy (non-hydrogen) atoms. The zero-order chi connectivity index (χ0) is 27.9. The van der Waals surface area contributed by atoms with Crippen LogP contribution >= 0.6 is 0 Å². The van der Waals surface area contributed by atoms with Crippen LogP contribution in [0.25, 0.3) is 16.7 Å². The molecule has 9 nitrogen and oxygen atoms in total. The molecule has 2 aromatic heterocycles. The molecule has 1 saturated carbocycles. The molecule has 0 bridgehead atoms.